The number of ether oxygens (including phenoxy) is 4. The number of aryl methyl sites for hydroxylation is 1. The summed E-state index contributed by atoms with van der Waals surface area (Å²) in [7, 11) is 3.21. The van der Waals surface area contributed by atoms with Crippen molar-refractivity contribution < 1.29 is 23.7 Å². The number of fused-ring (bicyclic) bond motifs is 1. The highest BCUT2D eigenvalue weighted by Gasteiger charge is 2.26. The number of nitrogens with one attached hydrogen (secondary N) is 2. The summed E-state index contributed by atoms with van der Waals surface area (Å²) in [6.45, 7) is 4.84. The van der Waals surface area contributed by atoms with Crippen molar-refractivity contribution in [2.24, 2.45) is 0 Å². The zero-order valence-corrected chi connectivity index (χ0v) is 22.2. The van der Waals surface area contributed by atoms with Gasteiger partial charge in [-0.1, -0.05) is 0 Å². The number of amides is 2. The predicted octanol–water partition coefficient (Wildman–Crippen LogP) is 4.43. The molecule has 0 spiro atoms. The number of urea groups is 1. The highest BCUT2D eigenvalue weighted by Crippen LogP contribution is 2.35. The third-order valence-electron chi connectivity index (χ3n) is 7.15. The molecule has 38 heavy (non-hydrogen) atoms. The first kappa shape index (κ1) is 25.8. The summed E-state index contributed by atoms with van der Waals surface area (Å²) in [5.41, 5.74) is 2.67. The van der Waals surface area contributed by atoms with Crippen LogP contribution >= 0.6 is 0 Å². The molecule has 2 aromatic carbocycles. The lowest BCUT2D eigenvalue weighted by Crippen LogP contribution is -2.50. The molecular weight excluding hydrogens is 486 g/mol. The topological polar surface area (TPSA) is 107 Å². The van der Waals surface area contributed by atoms with E-state index in [1.165, 1.54) is 6.33 Å². The second kappa shape index (κ2) is 11.7. The van der Waals surface area contributed by atoms with Crippen LogP contribution in [0.5, 0.6) is 17.2 Å². The van der Waals surface area contributed by atoms with Gasteiger partial charge in [-0.3, -0.25) is 0 Å². The van der Waals surface area contributed by atoms with Gasteiger partial charge in [0.25, 0.3) is 0 Å². The van der Waals surface area contributed by atoms with E-state index < -0.39 is 0 Å². The first-order chi connectivity index (χ1) is 18.5. The van der Waals surface area contributed by atoms with Gasteiger partial charge in [-0.05, 0) is 49.6 Å². The largest absolute Gasteiger partial charge is 0.493 e. The van der Waals surface area contributed by atoms with Gasteiger partial charge in [0.15, 0.2) is 11.5 Å². The van der Waals surface area contributed by atoms with Gasteiger partial charge in [-0.25, -0.2) is 14.8 Å². The molecule has 10 nitrogen and oxygen atoms in total. The SMILES string of the molecule is COc1cc2ncnc(Nc3ccc(OC4CCN(C(=O)NC5CCOCC5)CC4)c(C)c3)c2cc1OC. The molecule has 202 valence electrons. The van der Waals surface area contributed by atoms with Gasteiger partial charge in [0.2, 0.25) is 0 Å². The molecule has 0 bridgehead atoms. The number of hydrogen-bond donors (Lipinski definition) is 2. The van der Waals surface area contributed by atoms with E-state index in [9.17, 15) is 4.79 Å². The van der Waals surface area contributed by atoms with Crippen LogP contribution in [0.4, 0.5) is 16.3 Å². The van der Waals surface area contributed by atoms with Crippen molar-refractivity contribution in [3.63, 3.8) is 0 Å². The normalized spacial score (nSPS) is 16.8. The molecule has 2 amide bonds. The molecule has 0 aliphatic carbocycles. The van der Waals surface area contributed by atoms with E-state index in [2.05, 4.69) is 20.6 Å². The van der Waals surface area contributed by atoms with Crippen molar-refractivity contribution in [1.29, 1.82) is 0 Å². The molecule has 3 heterocycles. The first-order valence-electron chi connectivity index (χ1n) is 13.1. The van der Waals surface area contributed by atoms with E-state index in [-0.39, 0.29) is 18.2 Å². The third kappa shape index (κ3) is 5.85. The van der Waals surface area contributed by atoms with Crippen LogP contribution in [-0.2, 0) is 4.74 Å². The number of likely N-dealkylation sites (tertiary alicyclic amines) is 1. The predicted molar refractivity (Wildman–Crippen MR) is 145 cm³/mol. The zero-order valence-electron chi connectivity index (χ0n) is 22.2. The zero-order chi connectivity index (χ0) is 26.5. The summed E-state index contributed by atoms with van der Waals surface area (Å²) in [4.78, 5) is 23.3. The van der Waals surface area contributed by atoms with E-state index in [0.717, 1.165) is 53.6 Å². The van der Waals surface area contributed by atoms with Crippen molar-refractivity contribution in [2.75, 3.05) is 45.8 Å². The van der Waals surface area contributed by atoms with Crippen LogP contribution in [0.2, 0.25) is 0 Å². The van der Waals surface area contributed by atoms with Crippen molar-refractivity contribution >= 4 is 28.4 Å². The van der Waals surface area contributed by atoms with Gasteiger partial charge < -0.3 is 34.5 Å². The minimum atomic E-state index is 0.0234. The Bertz CT molecular complexity index is 1270. The number of aromatic nitrogens is 2. The molecule has 1 aromatic heterocycles. The quantitative estimate of drug-likeness (QED) is 0.470. The Hall–Kier alpha value is -3.79. The highest BCUT2D eigenvalue weighted by atomic mass is 16.5. The maximum atomic E-state index is 12.6. The van der Waals surface area contributed by atoms with E-state index >= 15 is 0 Å². The molecule has 3 aromatic rings. The fraction of sp³-hybridized carbons (Fsp3) is 0.464. The number of benzene rings is 2. The van der Waals surface area contributed by atoms with Gasteiger partial charge in [0, 0.05) is 62.3 Å². The van der Waals surface area contributed by atoms with Gasteiger partial charge in [0.1, 0.15) is 24.0 Å². The van der Waals surface area contributed by atoms with Crippen LogP contribution in [0.25, 0.3) is 10.9 Å². The standard InChI is InChI=1S/C28H35N5O5/c1-18-14-20(31-27-22-15-25(35-2)26(36-3)16-23(22)29-17-30-27)4-5-24(18)38-21-6-10-33(11-7-21)28(34)32-19-8-12-37-13-9-19/h4-5,14-17,19,21H,6-13H2,1-3H3,(H,32,34)(H,29,30,31). The number of carbonyl (C=O) groups excluding carboxylic acids is 1. The van der Waals surface area contributed by atoms with Gasteiger partial charge in [-0.15, -0.1) is 0 Å². The number of hydrogen-bond acceptors (Lipinski definition) is 8. The molecule has 5 rings (SSSR count). The Morgan fingerprint density at radius 1 is 0.974 bits per heavy atom. The summed E-state index contributed by atoms with van der Waals surface area (Å²) < 4.78 is 22.6. The number of carbonyl (C=O) groups is 1. The molecule has 0 radical (unpaired) electrons. The van der Waals surface area contributed by atoms with Crippen LogP contribution in [0, 0.1) is 6.92 Å². The summed E-state index contributed by atoms with van der Waals surface area (Å²) in [6.07, 6.45) is 4.97. The van der Waals surface area contributed by atoms with Gasteiger partial charge in [-0.2, -0.15) is 0 Å². The molecular formula is C28H35N5O5. The summed E-state index contributed by atoms with van der Waals surface area (Å²) in [5.74, 6) is 2.76. The Morgan fingerprint density at radius 3 is 2.42 bits per heavy atom. The molecule has 2 N–H and O–H groups in total. The number of anilines is 2. The second-order valence-electron chi connectivity index (χ2n) is 9.69. The van der Waals surface area contributed by atoms with E-state index in [1.807, 2.05) is 42.2 Å². The van der Waals surface area contributed by atoms with Crippen molar-refractivity contribution in [2.45, 2.75) is 44.8 Å². The lowest BCUT2D eigenvalue weighted by atomic mass is 10.1. The molecule has 2 saturated heterocycles. The molecule has 2 aliphatic heterocycles. The highest BCUT2D eigenvalue weighted by molar-refractivity contribution is 5.93. The molecule has 2 fully saturated rings. The third-order valence-corrected chi connectivity index (χ3v) is 7.15. The maximum absolute atomic E-state index is 12.6. The molecule has 2 aliphatic rings. The lowest BCUT2D eigenvalue weighted by molar-refractivity contribution is 0.0746. The van der Waals surface area contributed by atoms with E-state index in [1.54, 1.807) is 14.2 Å². The minimum Gasteiger partial charge on any atom is -0.493 e. The van der Waals surface area contributed by atoms with Crippen LogP contribution in [0.1, 0.15) is 31.2 Å². The van der Waals surface area contributed by atoms with Gasteiger partial charge in [0.05, 0.1) is 19.7 Å². The Labute approximate surface area is 222 Å². The van der Waals surface area contributed by atoms with E-state index in [0.29, 0.717) is 43.6 Å². The monoisotopic (exact) mass is 521 g/mol. The average Bonchev–Trinajstić information content (AvgIpc) is 2.95. The minimum absolute atomic E-state index is 0.0234. The smallest absolute Gasteiger partial charge is 0.317 e. The Kier molecular flexibility index (Phi) is 7.97. The fourth-order valence-electron chi connectivity index (χ4n) is 4.94. The fourth-order valence-corrected chi connectivity index (χ4v) is 4.94. The lowest BCUT2D eigenvalue weighted by Gasteiger charge is -2.34. The van der Waals surface area contributed by atoms with Crippen LogP contribution in [0.15, 0.2) is 36.7 Å². The Balaban J connectivity index is 1.19. The number of nitrogens with zero attached hydrogens (tertiary/aromatic N) is 3. The summed E-state index contributed by atoms with van der Waals surface area (Å²) in [5, 5.41) is 7.37. The van der Waals surface area contributed by atoms with Gasteiger partial charge >= 0.3 is 6.03 Å². The van der Waals surface area contributed by atoms with Crippen molar-refractivity contribution in [3.8, 4) is 17.2 Å². The summed E-state index contributed by atoms with van der Waals surface area (Å²) in [6, 6.07) is 9.95. The molecule has 10 heteroatoms. The van der Waals surface area contributed by atoms with Crippen molar-refractivity contribution in [1.82, 2.24) is 20.2 Å². The second-order valence-corrected chi connectivity index (χ2v) is 9.69. The van der Waals surface area contributed by atoms with Crippen molar-refractivity contribution in [3.05, 3.63) is 42.2 Å². The molecule has 0 atom stereocenters. The van der Waals surface area contributed by atoms with Crippen LogP contribution in [-0.4, -0.2) is 73.6 Å². The van der Waals surface area contributed by atoms with Crippen LogP contribution < -0.4 is 24.8 Å². The summed E-state index contributed by atoms with van der Waals surface area (Å²) >= 11 is 0. The number of methoxy groups -OCH3 is 2. The molecule has 0 unspecified atom stereocenters. The van der Waals surface area contributed by atoms with Crippen LogP contribution in [0.3, 0.4) is 0 Å². The van der Waals surface area contributed by atoms with E-state index in [4.69, 9.17) is 18.9 Å². The maximum Gasteiger partial charge on any atom is 0.317 e. The average molecular weight is 522 g/mol. The molecule has 0 saturated carbocycles. The Morgan fingerprint density at radius 2 is 1.71 bits per heavy atom. The number of rotatable bonds is 7. The first-order valence-corrected chi connectivity index (χ1v) is 13.1. The number of piperidine rings is 1.